The van der Waals surface area contributed by atoms with Crippen LogP contribution in [0.1, 0.15) is 26.7 Å². The monoisotopic (exact) mass is 137 g/mol. The van der Waals surface area contributed by atoms with E-state index in [4.69, 9.17) is 5.41 Å². The van der Waals surface area contributed by atoms with Crippen LogP contribution in [-0.4, -0.2) is 6.21 Å². The summed E-state index contributed by atoms with van der Waals surface area (Å²) in [6.07, 6.45) is 9.53. The van der Waals surface area contributed by atoms with Gasteiger partial charge in [0.1, 0.15) is 0 Å². The highest BCUT2D eigenvalue weighted by Crippen LogP contribution is 2.02. The van der Waals surface area contributed by atoms with Crippen molar-refractivity contribution in [3.05, 3.63) is 23.8 Å². The van der Waals surface area contributed by atoms with Gasteiger partial charge in [-0.15, -0.1) is 0 Å². The topological polar surface area (TPSA) is 23.9 Å². The van der Waals surface area contributed by atoms with Crippen LogP contribution in [0.4, 0.5) is 0 Å². The van der Waals surface area contributed by atoms with Gasteiger partial charge in [-0.25, -0.2) is 0 Å². The first-order chi connectivity index (χ1) is 4.81. The van der Waals surface area contributed by atoms with Crippen molar-refractivity contribution in [1.82, 2.24) is 0 Å². The normalized spacial score (nSPS) is 12.4. The zero-order chi connectivity index (χ0) is 7.82. The lowest BCUT2D eigenvalue weighted by Gasteiger charge is -1.93. The summed E-state index contributed by atoms with van der Waals surface area (Å²) >= 11 is 0. The van der Waals surface area contributed by atoms with Gasteiger partial charge in [0.25, 0.3) is 0 Å². The van der Waals surface area contributed by atoms with Gasteiger partial charge in [-0.3, -0.25) is 0 Å². The second kappa shape index (κ2) is 6.27. The molecule has 0 aliphatic rings. The summed E-state index contributed by atoms with van der Waals surface area (Å²) in [6.45, 7) is 4.07. The van der Waals surface area contributed by atoms with E-state index in [1.54, 1.807) is 0 Å². The van der Waals surface area contributed by atoms with Crippen molar-refractivity contribution in [3.63, 3.8) is 0 Å². The van der Waals surface area contributed by atoms with Crippen LogP contribution in [0.25, 0.3) is 0 Å². The smallest absolute Gasteiger partial charge is 0.0177 e. The van der Waals surface area contributed by atoms with Gasteiger partial charge in [0.2, 0.25) is 0 Å². The van der Waals surface area contributed by atoms with E-state index in [2.05, 4.69) is 19.1 Å². The van der Waals surface area contributed by atoms with E-state index in [0.717, 1.165) is 12.8 Å². The van der Waals surface area contributed by atoms with E-state index in [9.17, 15) is 0 Å². The largest absolute Gasteiger partial charge is 0.309 e. The third kappa shape index (κ3) is 5.29. The van der Waals surface area contributed by atoms with Crippen LogP contribution in [-0.2, 0) is 0 Å². The maximum Gasteiger partial charge on any atom is 0.0177 e. The Bertz CT molecular complexity index is 143. The first-order valence-corrected chi connectivity index (χ1v) is 3.58. The first-order valence-electron chi connectivity index (χ1n) is 3.58. The van der Waals surface area contributed by atoms with Gasteiger partial charge in [-0.1, -0.05) is 17.7 Å². The van der Waals surface area contributed by atoms with E-state index >= 15 is 0 Å². The summed E-state index contributed by atoms with van der Waals surface area (Å²) in [7, 11) is 0. The van der Waals surface area contributed by atoms with E-state index < -0.39 is 0 Å². The maximum absolute atomic E-state index is 6.79. The Hall–Kier alpha value is -0.850. The Balaban J connectivity index is 3.48. The maximum atomic E-state index is 6.79. The minimum atomic E-state index is 1.07. The van der Waals surface area contributed by atoms with Crippen molar-refractivity contribution in [1.29, 1.82) is 5.41 Å². The third-order valence-corrected chi connectivity index (χ3v) is 1.31. The molecule has 1 N–H and O–H groups in total. The Morgan fingerprint density at radius 1 is 1.50 bits per heavy atom. The molecule has 0 amide bonds. The fourth-order valence-corrected chi connectivity index (χ4v) is 0.703. The fourth-order valence-electron chi connectivity index (χ4n) is 0.703. The Morgan fingerprint density at radius 2 is 2.20 bits per heavy atom. The summed E-state index contributed by atoms with van der Waals surface area (Å²) in [5.74, 6) is 0. The number of hydrogen-bond acceptors (Lipinski definition) is 1. The number of hydrogen-bond donors (Lipinski definition) is 1. The molecular weight excluding hydrogens is 122 g/mol. The number of allylic oxidation sites excluding steroid dienone is 4. The standard InChI is InChI=1S/C9H15N/c1-3-4-5-6-9(2)7-8-10/h3-4,7-8,10H,5-6H2,1-2H3/b4-3+,9-7+,10-8?. The molecule has 0 unspecified atom stereocenters. The molecule has 0 saturated heterocycles. The predicted octanol–water partition coefficient (Wildman–Crippen LogP) is 2.94. The van der Waals surface area contributed by atoms with Crippen LogP contribution >= 0.6 is 0 Å². The summed E-state index contributed by atoms with van der Waals surface area (Å²) in [4.78, 5) is 0. The van der Waals surface area contributed by atoms with Crippen molar-refractivity contribution in [2.45, 2.75) is 26.7 Å². The molecule has 1 nitrogen and oxygen atoms in total. The summed E-state index contributed by atoms with van der Waals surface area (Å²) in [5.41, 5.74) is 1.27. The molecule has 0 rings (SSSR count). The van der Waals surface area contributed by atoms with Crippen molar-refractivity contribution in [2.75, 3.05) is 0 Å². The second-order valence-corrected chi connectivity index (χ2v) is 2.29. The molecule has 1 heteroatoms. The molecule has 0 fully saturated rings. The Kier molecular flexibility index (Phi) is 5.74. The van der Waals surface area contributed by atoms with E-state index in [1.165, 1.54) is 11.8 Å². The molecule has 0 spiro atoms. The van der Waals surface area contributed by atoms with E-state index in [-0.39, 0.29) is 0 Å². The third-order valence-electron chi connectivity index (χ3n) is 1.31. The van der Waals surface area contributed by atoms with Gasteiger partial charge in [-0.2, -0.15) is 0 Å². The molecule has 0 radical (unpaired) electrons. The van der Waals surface area contributed by atoms with Gasteiger partial charge < -0.3 is 5.41 Å². The second-order valence-electron chi connectivity index (χ2n) is 2.29. The lowest BCUT2D eigenvalue weighted by molar-refractivity contribution is 0.978. The zero-order valence-corrected chi connectivity index (χ0v) is 6.72. The lowest BCUT2D eigenvalue weighted by Crippen LogP contribution is -1.75. The van der Waals surface area contributed by atoms with Crippen LogP contribution < -0.4 is 0 Å². The highest BCUT2D eigenvalue weighted by atomic mass is 14.3. The van der Waals surface area contributed by atoms with Crippen molar-refractivity contribution in [3.8, 4) is 0 Å². The van der Waals surface area contributed by atoms with Crippen LogP contribution in [0.2, 0.25) is 0 Å². The van der Waals surface area contributed by atoms with Gasteiger partial charge in [0, 0.05) is 6.21 Å². The van der Waals surface area contributed by atoms with Crippen LogP contribution in [0, 0.1) is 5.41 Å². The van der Waals surface area contributed by atoms with Gasteiger partial charge in [-0.05, 0) is 32.8 Å². The SMILES string of the molecule is C/C=C/CC/C(C)=C/C=N. The predicted molar refractivity (Wildman–Crippen MR) is 46.6 cm³/mol. The van der Waals surface area contributed by atoms with Crippen LogP contribution in [0.5, 0.6) is 0 Å². The molecule has 0 aliphatic heterocycles. The molecule has 10 heavy (non-hydrogen) atoms. The average molecular weight is 137 g/mol. The fraction of sp³-hybridized carbons (Fsp3) is 0.444. The Morgan fingerprint density at radius 3 is 2.70 bits per heavy atom. The number of nitrogens with one attached hydrogen (secondary N) is 1. The van der Waals surface area contributed by atoms with Gasteiger partial charge in [0.05, 0.1) is 0 Å². The molecule has 0 aromatic carbocycles. The molecule has 0 aromatic heterocycles. The first kappa shape index (κ1) is 9.15. The molecule has 0 aromatic rings. The number of rotatable bonds is 4. The molecule has 0 atom stereocenters. The summed E-state index contributed by atoms with van der Waals surface area (Å²) < 4.78 is 0. The van der Waals surface area contributed by atoms with Crippen molar-refractivity contribution in [2.24, 2.45) is 0 Å². The highest BCUT2D eigenvalue weighted by Gasteiger charge is 1.83. The zero-order valence-electron chi connectivity index (χ0n) is 6.72. The van der Waals surface area contributed by atoms with E-state index in [1.807, 2.05) is 13.0 Å². The van der Waals surface area contributed by atoms with Gasteiger partial charge in [0.15, 0.2) is 0 Å². The Labute approximate surface area is 63.0 Å². The minimum Gasteiger partial charge on any atom is -0.309 e. The van der Waals surface area contributed by atoms with Crippen LogP contribution in [0.15, 0.2) is 23.8 Å². The molecular formula is C9H15N. The van der Waals surface area contributed by atoms with Crippen LogP contribution in [0.3, 0.4) is 0 Å². The highest BCUT2D eigenvalue weighted by molar-refractivity contribution is 5.68. The molecule has 0 saturated carbocycles. The van der Waals surface area contributed by atoms with E-state index in [0.29, 0.717) is 0 Å². The molecule has 0 aliphatic carbocycles. The minimum absolute atomic E-state index is 1.07. The van der Waals surface area contributed by atoms with Crippen molar-refractivity contribution < 1.29 is 0 Å². The molecule has 0 bridgehead atoms. The summed E-state index contributed by atoms with van der Waals surface area (Å²) in [5, 5.41) is 6.79. The van der Waals surface area contributed by atoms with Crippen molar-refractivity contribution >= 4 is 6.21 Å². The average Bonchev–Trinajstić information content (AvgIpc) is 1.89. The molecule has 0 heterocycles. The quantitative estimate of drug-likeness (QED) is 0.455. The summed E-state index contributed by atoms with van der Waals surface area (Å²) in [6, 6.07) is 0. The molecule has 56 valence electrons. The lowest BCUT2D eigenvalue weighted by atomic mass is 10.1. The van der Waals surface area contributed by atoms with Gasteiger partial charge >= 0.3 is 0 Å².